The lowest BCUT2D eigenvalue weighted by atomic mass is 9.74. The van der Waals surface area contributed by atoms with Gasteiger partial charge in [0.05, 0.1) is 23.0 Å². The first-order valence-corrected chi connectivity index (χ1v) is 15.7. The number of imide groups is 1. The first-order chi connectivity index (χ1) is 17.3. The zero-order valence-electron chi connectivity index (χ0n) is 21.4. The van der Waals surface area contributed by atoms with E-state index in [1.165, 1.54) is 24.3 Å². The van der Waals surface area contributed by atoms with E-state index in [1.54, 1.807) is 6.92 Å². The Hall–Kier alpha value is -3.28. The molecule has 1 unspecified atom stereocenters. The Bertz CT molecular complexity index is 1200. The maximum absolute atomic E-state index is 13.2. The molecule has 37 heavy (non-hydrogen) atoms. The number of carbonyl (C=O) groups excluding carboxylic acids is 3. The molecule has 196 valence electrons. The predicted octanol–water partition coefficient (Wildman–Crippen LogP) is 4.29. The van der Waals surface area contributed by atoms with E-state index in [-0.39, 0.29) is 12.3 Å². The van der Waals surface area contributed by atoms with Crippen LogP contribution in [0.2, 0.25) is 19.6 Å². The van der Waals surface area contributed by atoms with Crippen LogP contribution in [0.1, 0.15) is 25.0 Å². The number of thiocarbonyl (C=S) groups is 1. The average molecular weight is 543 g/mol. The minimum absolute atomic E-state index is 0.107. The molecule has 0 saturated carbocycles. The van der Waals surface area contributed by atoms with Gasteiger partial charge in [-0.05, 0) is 49.8 Å². The molecular weight excluding hydrogens is 512 g/mol. The van der Waals surface area contributed by atoms with Gasteiger partial charge in [-0.1, -0.05) is 49.5 Å². The fourth-order valence-corrected chi connectivity index (χ4v) is 5.99. The molecule has 11 heteroatoms. The maximum atomic E-state index is 13.2. The number of nitro benzene ring substituents is 1. The quantitative estimate of drug-likeness (QED) is 0.0674. The van der Waals surface area contributed by atoms with E-state index in [2.05, 4.69) is 0 Å². The summed E-state index contributed by atoms with van der Waals surface area (Å²) in [4.78, 5) is 50.7. The predicted molar refractivity (Wildman–Crippen MR) is 143 cm³/mol. The van der Waals surface area contributed by atoms with Gasteiger partial charge in [-0.2, -0.15) is 0 Å². The third-order valence-corrected chi connectivity index (χ3v) is 7.81. The monoisotopic (exact) mass is 542 g/mol. The first kappa shape index (κ1) is 28.3. The molecule has 0 aliphatic carbocycles. The van der Waals surface area contributed by atoms with Gasteiger partial charge in [-0.25, -0.2) is 4.79 Å². The van der Waals surface area contributed by atoms with Gasteiger partial charge in [0.25, 0.3) is 5.69 Å². The number of non-ortho nitro benzene ring substituents is 1. The van der Waals surface area contributed by atoms with Crippen molar-refractivity contribution in [2.24, 2.45) is 11.8 Å². The molecule has 1 heterocycles. The molecule has 0 bridgehead atoms. The molecule has 2 aromatic rings. The molecular formula is C26H30N2O7SSi. The molecule has 1 saturated heterocycles. The number of hydrogen-bond donors (Lipinski definition) is 0. The molecule has 0 N–H and O–H groups in total. The summed E-state index contributed by atoms with van der Waals surface area (Å²) in [6.07, 6.45) is -0.467. The van der Waals surface area contributed by atoms with E-state index in [4.69, 9.17) is 21.4 Å². The van der Waals surface area contributed by atoms with Crippen LogP contribution in [0.15, 0.2) is 54.6 Å². The molecule has 1 aliphatic rings. The SMILES string of the molecule is CC(C(=S)c1ccccc1)[C@@H]1[C@@H]([C@@H](C)O[Si](C)(C)C)C(=O)N1C(=O)C(=O)OCc1ccc([N+](=O)[O-])cc1. The molecule has 4 atom stereocenters. The number of amides is 2. The van der Waals surface area contributed by atoms with Gasteiger partial charge in [0.2, 0.25) is 5.91 Å². The van der Waals surface area contributed by atoms with Crippen molar-refractivity contribution in [3.05, 3.63) is 75.8 Å². The Morgan fingerprint density at radius 1 is 1.08 bits per heavy atom. The third-order valence-electron chi connectivity index (χ3n) is 6.13. The van der Waals surface area contributed by atoms with Crippen molar-refractivity contribution >= 4 is 48.9 Å². The van der Waals surface area contributed by atoms with E-state index in [0.717, 1.165) is 10.5 Å². The van der Waals surface area contributed by atoms with Crippen LogP contribution in [0.25, 0.3) is 0 Å². The number of benzene rings is 2. The second-order valence-electron chi connectivity index (χ2n) is 9.98. The molecule has 2 aromatic carbocycles. The largest absolute Gasteiger partial charge is 0.454 e. The highest BCUT2D eigenvalue weighted by Gasteiger charge is 2.57. The summed E-state index contributed by atoms with van der Waals surface area (Å²) in [7, 11) is -2.01. The Labute approximate surface area is 222 Å². The minimum atomic E-state index is -2.01. The molecule has 3 rings (SSSR count). The summed E-state index contributed by atoms with van der Waals surface area (Å²) in [5, 5.41) is 10.8. The topological polar surface area (TPSA) is 116 Å². The average Bonchev–Trinajstić information content (AvgIpc) is 2.84. The summed E-state index contributed by atoms with van der Waals surface area (Å²) < 4.78 is 11.3. The van der Waals surface area contributed by atoms with Crippen LogP contribution < -0.4 is 0 Å². The second kappa shape index (κ2) is 11.4. The highest BCUT2D eigenvalue weighted by Crippen LogP contribution is 2.38. The molecule has 0 radical (unpaired) electrons. The number of nitrogens with zero attached hydrogens (tertiary/aromatic N) is 2. The fourth-order valence-electron chi connectivity index (χ4n) is 4.45. The highest BCUT2D eigenvalue weighted by molar-refractivity contribution is 7.80. The van der Waals surface area contributed by atoms with E-state index >= 15 is 0 Å². The minimum Gasteiger partial charge on any atom is -0.454 e. The summed E-state index contributed by atoms with van der Waals surface area (Å²) in [6, 6.07) is 14.0. The number of likely N-dealkylation sites (tertiary alicyclic amines) is 1. The van der Waals surface area contributed by atoms with Crippen LogP contribution in [0, 0.1) is 22.0 Å². The Morgan fingerprint density at radius 2 is 1.68 bits per heavy atom. The second-order valence-corrected chi connectivity index (χ2v) is 14.9. The fraction of sp³-hybridized carbons (Fsp3) is 0.385. The van der Waals surface area contributed by atoms with Gasteiger partial charge in [-0.15, -0.1) is 0 Å². The zero-order valence-corrected chi connectivity index (χ0v) is 23.2. The third kappa shape index (κ3) is 6.54. The van der Waals surface area contributed by atoms with Gasteiger partial charge in [-0.3, -0.25) is 24.6 Å². The zero-order chi connectivity index (χ0) is 27.5. The number of ether oxygens (including phenoxy) is 1. The van der Waals surface area contributed by atoms with Crippen molar-refractivity contribution in [1.82, 2.24) is 4.90 Å². The van der Waals surface area contributed by atoms with Crippen LogP contribution in [0.4, 0.5) is 5.69 Å². The van der Waals surface area contributed by atoms with Gasteiger partial charge in [0.15, 0.2) is 8.32 Å². The molecule has 0 aromatic heterocycles. The van der Waals surface area contributed by atoms with Crippen molar-refractivity contribution in [2.75, 3.05) is 0 Å². The van der Waals surface area contributed by atoms with Gasteiger partial charge in [0.1, 0.15) is 6.61 Å². The Balaban J connectivity index is 1.79. The highest BCUT2D eigenvalue weighted by atomic mass is 32.1. The van der Waals surface area contributed by atoms with Crippen molar-refractivity contribution in [3.8, 4) is 0 Å². The normalized spacial score (nSPS) is 18.9. The van der Waals surface area contributed by atoms with E-state index in [1.807, 2.05) is 56.9 Å². The number of β-lactam (4-membered cyclic amide) rings is 1. The molecule has 2 amide bonds. The number of esters is 1. The number of carbonyl (C=O) groups is 3. The van der Waals surface area contributed by atoms with Crippen molar-refractivity contribution in [3.63, 3.8) is 0 Å². The number of hydrogen-bond acceptors (Lipinski definition) is 8. The van der Waals surface area contributed by atoms with Crippen LogP contribution >= 0.6 is 12.2 Å². The summed E-state index contributed by atoms with van der Waals surface area (Å²) in [5.74, 6) is -3.83. The molecule has 1 fully saturated rings. The van der Waals surface area contributed by atoms with Crippen molar-refractivity contribution < 1.29 is 28.5 Å². The van der Waals surface area contributed by atoms with Crippen LogP contribution in [0.5, 0.6) is 0 Å². The van der Waals surface area contributed by atoms with Gasteiger partial charge in [0, 0.05) is 22.9 Å². The van der Waals surface area contributed by atoms with E-state index in [0.29, 0.717) is 10.4 Å². The van der Waals surface area contributed by atoms with Gasteiger partial charge < -0.3 is 9.16 Å². The number of rotatable bonds is 9. The smallest absolute Gasteiger partial charge is 0.397 e. The molecule has 9 nitrogen and oxygen atoms in total. The summed E-state index contributed by atoms with van der Waals surface area (Å²) in [5.41, 5.74) is 1.16. The van der Waals surface area contributed by atoms with Crippen LogP contribution in [-0.4, -0.2) is 52.9 Å². The van der Waals surface area contributed by atoms with Crippen molar-refractivity contribution in [1.29, 1.82) is 0 Å². The summed E-state index contributed by atoms with van der Waals surface area (Å²) >= 11 is 5.71. The van der Waals surface area contributed by atoms with Crippen molar-refractivity contribution in [2.45, 2.75) is 52.2 Å². The van der Waals surface area contributed by atoms with E-state index < -0.39 is 55.0 Å². The first-order valence-electron chi connectivity index (χ1n) is 11.9. The van der Waals surface area contributed by atoms with Gasteiger partial charge >= 0.3 is 11.9 Å². The summed E-state index contributed by atoms with van der Waals surface area (Å²) in [6.45, 7) is 9.41. The standard InChI is InChI=1S/C26H30N2O7SSi/c1-16(23(36)19-9-7-6-8-10-19)22-21(17(2)35-37(3,4)5)24(29)27(22)25(30)26(31)34-15-18-11-13-20(14-12-18)28(32)33/h6-14,16-17,21-22H,15H2,1-5H3/t16?,17-,21-,22-/m1/s1. The Morgan fingerprint density at radius 3 is 2.22 bits per heavy atom. The number of nitro groups is 1. The lowest BCUT2D eigenvalue weighted by molar-refractivity contribution is -0.384. The molecule has 1 aliphatic heterocycles. The van der Waals surface area contributed by atoms with E-state index in [9.17, 15) is 24.5 Å². The maximum Gasteiger partial charge on any atom is 0.397 e. The van der Waals surface area contributed by atoms with Crippen LogP contribution in [0.3, 0.4) is 0 Å². The lowest BCUT2D eigenvalue weighted by Gasteiger charge is -2.50. The molecule has 0 spiro atoms. The van der Waals surface area contributed by atoms with Crippen LogP contribution in [-0.2, 0) is 30.2 Å². The Kier molecular flexibility index (Phi) is 8.72. The lowest BCUT2D eigenvalue weighted by Crippen LogP contribution is -2.70.